The van der Waals surface area contributed by atoms with Crippen LogP contribution in [0.5, 0.6) is 0 Å². The number of rotatable bonds is 7. The number of hydrogen-bond acceptors (Lipinski definition) is 8. The van der Waals surface area contributed by atoms with Crippen molar-refractivity contribution in [3.05, 3.63) is 71.5 Å². The van der Waals surface area contributed by atoms with Gasteiger partial charge in [-0.25, -0.2) is 39.9 Å². The molecule has 2 aromatic carbocycles. The molecule has 0 saturated heterocycles. The maximum absolute atomic E-state index is 13.3. The van der Waals surface area contributed by atoms with Crippen LogP contribution in [0, 0.1) is 0 Å². The van der Waals surface area contributed by atoms with Crippen molar-refractivity contribution >= 4 is 41.3 Å². The molecule has 0 aliphatic rings. The molecule has 188 valence electrons. The Morgan fingerprint density at radius 3 is 1.97 bits per heavy atom. The van der Waals surface area contributed by atoms with Crippen molar-refractivity contribution in [2.75, 3.05) is 0 Å². The molecule has 0 spiro atoms. The molecule has 3 rings (SSSR count). The summed E-state index contributed by atoms with van der Waals surface area (Å²) in [5.74, 6) is 0. The molecule has 1 atom stereocenters. The van der Waals surface area contributed by atoms with Gasteiger partial charge in [0.25, 0.3) is 5.16 Å². The fourth-order valence-electron chi connectivity index (χ4n) is 2.87. The first kappa shape index (κ1) is 27.0. The number of alkyl halides is 3. The highest BCUT2D eigenvalue weighted by Gasteiger charge is 2.46. The minimum Gasteiger partial charge on any atom is -0.227 e. The van der Waals surface area contributed by atoms with Gasteiger partial charge in [0, 0.05) is 23.5 Å². The lowest BCUT2D eigenvalue weighted by atomic mass is 10.1. The topological polar surface area (TPSA) is 140 Å². The molecular formula is C19H15ClF3N3O6S3. The third kappa shape index (κ3) is 5.48. The van der Waals surface area contributed by atoms with E-state index < -0.39 is 61.1 Å². The Balaban J connectivity index is 2.03. The molecule has 3 aromatic rings. The first-order valence-corrected chi connectivity index (χ1v) is 14.2. The lowest BCUT2D eigenvalue weighted by Gasteiger charge is -2.16. The van der Waals surface area contributed by atoms with Crippen molar-refractivity contribution in [1.29, 1.82) is 0 Å². The summed E-state index contributed by atoms with van der Waals surface area (Å²) in [4.78, 5) is 5.60. The lowest BCUT2D eigenvalue weighted by molar-refractivity contribution is -0.0450. The van der Waals surface area contributed by atoms with E-state index in [1.807, 2.05) is 0 Å². The standard InChI is InChI=1S/C19H15ClF3N3O6S3/c1-12(26-35(31,32)19(21,22)23)13-3-6-15(7-4-13)33(27,28)16-8-5-14(20)11-17(16)34(29,30)18-24-9-2-10-25-18/h2-12,26H,1H3/t12-/m0/s1. The van der Waals surface area contributed by atoms with Gasteiger partial charge < -0.3 is 0 Å². The van der Waals surface area contributed by atoms with Crippen molar-refractivity contribution in [3.8, 4) is 0 Å². The number of nitrogens with zero attached hydrogens (tertiary/aromatic N) is 2. The summed E-state index contributed by atoms with van der Waals surface area (Å²) in [5, 5.41) is -0.723. The maximum Gasteiger partial charge on any atom is 0.511 e. The van der Waals surface area contributed by atoms with Gasteiger partial charge in [0.05, 0.1) is 14.7 Å². The third-order valence-corrected chi connectivity index (χ3v) is 9.67. The molecule has 1 N–H and O–H groups in total. The Morgan fingerprint density at radius 2 is 1.43 bits per heavy atom. The normalized spacial score (nSPS) is 14.0. The molecule has 0 unspecified atom stereocenters. The van der Waals surface area contributed by atoms with Crippen LogP contribution in [0.4, 0.5) is 13.2 Å². The van der Waals surface area contributed by atoms with Crippen LogP contribution in [0.1, 0.15) is 18.5 Å². The average Bonchev–Trinajstić information content (AvgIpc) is 2.78. The molecule has 1 heterocycles. The van der Waals surface area contributed by atoms with Gasteiger partial charge in [-0.15, -0.1) is 0 Å². The maximum atomic E-state index is 13.3. The summed E-state index contributed by atoms with van der Waals surface area (Å²) in [5.41, 5.74) is -5.50. The van der Waals surface area contributed by atoms with Gasteiger partial charge in [-0.1, -0.05) is 23.7 Å². The average molecular weight is 570 g/mol. The number of aromatic nitrogens is 2. The second kappa shape index (κ2) is 9.46. The van der Waals surface area contributed by atoms with Crippen LogP contribution in [-0.4, -0.2) is 40.7 Å². The van der Waals surface area contributed by atoms with Gasteiger partial charge in [-0.05, 0) is 48.9 Å². The summed E-state index contributed by atoms with van der Waals surface area (Å²) >= 11 is 5.91. The zero-order valence-corrected chi connectivity index (χ0v) is 20.6. The van der Waals surface area contributed by atoms with E-state index in [1.54, 1.807) is 0 Å². The molecule has 1 aromatic heterocycles. The van der Waals surface area contributed by atoms with Gasteiger partial charge in [0.2, 0.25) is 19.7 Å². The van der Waals surface area contributed by atoms with Gasteiger partial charge in [0.15, 0.2) is 0 Å². The van der Waals surface area contributed by atoms with Crippen LogP contribution in [0.3, 0.4) is 0 Å². The molecule has 0 fully saturated rings. The largest absolute Gasteiger partial charge is 0.511 e. The summed E-state index contributed by atoms with van der Waals surface area (Å²) in [7, 11) is -14.6. The first-order chi connectivity index (χ1) is 16.1. The predicted molar refractivity (Wildman–Crippen MR) is 117 cm³/mol. The third-order valence-electron chi connectivity index (χ3n) is 4.59. The van der Waals surface area contributed by atoms with Crippen molar-refractivity contribution in [2.45, 2.75) is 38.3 Å². The number of hydrogen-bond donors (Lipinski definition) is 1. The highest BCUT2D eigenvalue weighted by Crippen LogP contribution is 2.33. The van der Waals surface area contributed by atoms with Crippen molar-refractivity contribution in [2.24, 2.45) is 0 Å². The fourth-order valence-corrected chi connectivity index (χ4v) is 7.03. The van der Waals surface area contributed by atoms with Crippen LogP contribution in [0.25, 0.3) is 0 Å². The SMILES string of the molecule is C[C@H](NS(=O)(=O)C(F)(F)F)c1ccc(S(=O)(=O)c2ccc(Cl)cc2S(=O)(=O)c2ncccn2)cc1. The summed E-state index contributed by atoms with van der Waals surface area (Å²) in [6, 6.07) is 7.32. The summed E-state index contributed by atoms with van der Waals surface area (Å²) in [6.45, 7) is 1.14. The Labute approximate surface area is 203 Å². The molecule has 9 nitrogen and oxygen atoms in total. The van der Waals surface area contributed by atoms with Gasteiger partial charge >= 0.3 is 15.5 Å². The van der Waals surface area contributed by atoms with Crippen molar-refractivity contribution in [3.63, 3.8) is 0 Å². The Bertz CT molecular complexity index is 1560. The second-order valence-corrected chi connectivity index (χ2v) is 12.9. The molecule has 0 radical (unpaired) electrons. The molecule has 35 heavy (non-hydrogen) atoms. The Hall–Kier alpha value is -2.59. The van der Waals surface area contributed by atoms with E-state index in [-0.39, 0.29) is 10.6 Å². The Morgan fingerprint density at radius 1 is 0.857 bits per heavy atom. The minimum absolute atomic E-state index is 0.0263. The smallest absolute Gasteiger partial charge is 0.227 e. The molecular weight excluding hydrogens is 555 g/mol. The Kier molecular flexibility index (Phi) is 7.30. The summed E-state index contributed by atoms with van der Waals surface area (Å²) in [6.07, 6.45) is 2.32. The zero-order valence-electron chi connectivity index (χ0n) is 17.4. The van der Waals surface area contributed by atoms with E-state index in [4.69, 9.17) is 11.6 Å². The molecule has 16 heteroatoms. The van der Waals surface area contributed by atoms with Crippen LogP contribution in [0.15, 0.2) is 80.8 Å². The van der Waals surface area contributed by atoms with Gasteiger partial charge in [-0.2, -0.15) is 13.2 Å². The van der Waals surface area contributed by atoms with E-state index in [0.717, 1.165) is 55.7 Å². The van der Waals surface area contributed by atoms with E-state index >= 15 is 0 Å². The lowest BCUT2D eigenvalue weighted by Crippen LogP contribution is -2.37. The number of benzene rings is 2. The van der Waals surface area contributed by atoms with E-state index in [9.17, 15) is 38.4 Å². The quantitative estimate of drug-likeness (QED) is 0.427. The molecule has 0 aliphatic carbocycles. The molecule has 0 aliphatic heterocycles. The molecule has 0 amide bonds. The van der Waals surface area contributed by atoms with Crippen molar-refractivity contribution in [1.82, 2.24) is 14.7 Å². The van der Waals surface area contributed by atoms with E-state index in [0.29, 0.717) is 0 Å². The van der Waals surface area contributed by atoms with Crippen LogP contribution >= 0.6 is 11.6 Å². The van der Waals surface area contributed by atoms with E-state index in [2.05, 4.69) is 9.97 Å². The van der Waals surface area contributed by atoms with Gasteiger partial charge in [0.1, 0.15) is 0 Å². The zero-order chi connectivity index (χ0) is 26.2. The number of sulfone groups is 2. The van der Waals surface area contributed by atoms with Crippen LogP contribution in [0.2, 0.25) is 5.02 Å². The minimum atomic E-state index is -5.64. The summed E-state index contributed by atoms with van der Waals surface area (Å²) < 4.78 is 115. The monoisotopic (exact) mass is 569 g/mol. The molecule has 0 saturated carbocycles. The van der Waals surface area contributed by atoms with E-state index in [1.165, 1.54) is 16.9 Å². The number of halogens is 4. The number of nitrogens with one attached hydrogen (secondary N) is 1. The first-order valence-electron chi connectivity index (χ1n) is 9.33. The number of sulfonamides is 1. The van der Waals surface area contributed by atoms with Crippen LogP contribution < -0.4 is 4.72 Å². The fraction of sp³-hybridized carbons (Fsp3) is 0.158. The highest BCUT2D eigenvalue weighted by molar-refractivity contribution is 7.94. The predicted octanol–water partition coefficient (Wildman–Crippen LogP) is 3.30. The molecule has 0 bridgehead atoms. The van der Waals surface area contributed by atoms with Gasteiger partial charge in [-0.3, -0.25) is 0 Å². The second-order valence-electron chi connectivity index (χ2n) is 6.99. The van der Waals surface area contributed by atoms with Crippen LogP contribution in [-0.2, 0) is 29.7 Å². The highest BCUT2D eigenvalue weighted by atomic mass is 35.5. The van der Waals surface area contributed by atoms with Crippen molar-refractivity contribution < 1.29 is 38.4 Å².